The van der Waals surface area contributed by atoms with Crippen molar-refractivity contribution in [3.8, 4) is 22.3 Å². The standard InChI is InChI=1S/C21H21N7O2S2/c1-14-2-3-16(30-14)19-24-15(20-22-4-10-31-20)12-17(26-19)25-18(29)13-27-6-8-28(9-7-27)21-23-5-11-32-21/h2-5,10-12H,6-9,13H2,1H3,(H,24,25,26,29). The van der Waals surface area contributed by atoms with E-state index in [4.69, 9.17) is 4.42 Å². The van der Waals surface area contributed by atoms with Crippen LogP contribution in [0.15, 0.2) is 45.8 Å². The molecule has 5 rings (SSSR count). The van der Waals surface area contributed by atoms with Gasteiger partial charge >= 0.3 is 0 Å². The number of hydrogen-bond donors (Lipinski definition) is 1. The number of carbonyl (C=O) groups is 1. The Morgan fingerprint density at radius 1 is 1.09 bits per heavy atom. The van der Waals surface area contributed by atoms with Crippen LogP contribution in [0.5, 0.6) is 0 Å². The van der Waals surface area contributed by atoms with Crippen LogP contribution in [0.4, 0.5) is 10.9 Å². The van der Waals surface area contributed by atoms with Gasteiger partial charge in [-0.3, -0.25) is 9.69 Å². The number of anilines is 2. The molecule has 5 heterocycles. The smallest absolute Gasteiger partial charge is 0.239 e. The summed E-state index contributed by atoms with van der Waals surface area (Å²) in [6.45, 7) is 5.48. The van der Waals surface area contributed by atoms with E-state index in [1.807, 2.05) is 36.0 Å². The molecule has 0 aromatic carbocycles. The van der Waals surface area contributed by atoms with E-state index in [2.05, 4.69) is 35.1 Å². The Morgan fingerprint density at radius 2 is 1.91 bits per heavy atom. The molecule has 1 aliphatic rings. The van der Waals surface area contributed by atoms with Gasteiger partial charge in [-0.2, -0.15) is 0 Å². The molecule has 4 aromatic rings. The molecular formula is C21H21N7O2S2. The molecule has 0 atom stereocenters. The third kappa shape index (κ3) is 4.69. The van der Waals surface area contributed by atoms with Gasteiger partial charge in [-0.1, -0.05) is 0 Å². The maximum Gasteiger partial charge on any atom is 0.239 e. The maximum atomic E-state index is 12.8. The van der Waals surface area contributed by atoms with E-state index < -0.39 is 0 Å². The molecule has 164 valence electrons. The summed E-state index contributed by atoms with van der Waals surface area (Å²) in [5.74, 6) is 2.05. The van der Waals surface area contributed by atoms with Gasteiger partial charge < -0.3 is 14.6 Å². The Morgan fingerprint density at radius 3 is 2.59 bits per heavy atom. The van der Waals surface area contributed by atoms with E-state index >= 15 is 0 Å². The van der Waals surface area contributed by atoms with Crippen molar-refractivity contribution in [3.63, 3.8) is 0 Å². The van der Waals surface area contributed by atoms with E-state index in [1.54, 1.807) is 23.6 Å². The van der Waals surface area contributed by atoms with Crippen molar-refractivity contribution in [1.29, 1.82) is 0 Å². The van der Waals surface area contributed by atoms with Crippen LogP contribution in [-0.4, -0.2) is 63.5 Å². The zero-order chi connectivity index (χ0) is 21.9. The van der Waals surface area contributed by atoms with Gasteiger partial charge in [0.05, 0.1) is 6.54 Å². The molecule has 9 nitrogen and oxygen atoms in total. The maximum absolute atomic E-state index is 12.8. The highest BCUT2D eigenvalue weighted by Gasteiger charge is 2.21. The number of nitrogens with zero attached hydrogens (tertiary/aromatic N) is 6. The van der Waals surface area contributed by atoms with Crippen LogP contribution >= 0.6 is 22.7 Å². The second-order valence-corrected chi connectivity index (χ2v) is 9.10. The lowest BCUT2D eigenvalue weighted by Gasteiger charge is -2.34. The van der Waals surface area contributed by atoms with Crippen LogP contribution in [0.25, 0.3) is 22.3 Å². The van der Waals surface area contributed by atoms with Gasteiger partial charge in [-0.05, 0) is 19.1 Å². The Balaban J connectivity index is 1.28. The van der Waals surface area contributed by atoms with Crippen molar-refractivity contribution >= 4 is 39.5 Å². The molecule has 1 fully saturated rings. The molecule has 0 saturated carbocycles. The fraction of sp³-hybridized carbons (Fsp3) is 0.286. The molecule has 0 spiro atoms. The minimum Gasteiger partial charge on any atom is -0.458 e. The van der Waals surface area contributed by atoms with Crippen molar-refractivity contribution in [2.24, 2.45) is 0 Å². The predicted molar refractivity (Wildman–Crippen MR) is 125 cm³/mol. The first-order valence-electron chi connectivity index (χ1n) is 10.2. The van der Waals surface area contributed by atoms with Crippen molar-refractivity contribution < 1.29 is 9.21 Å². The predicted octanol–water partition coefficient (Wildman–Crippen LogP) is 3.39. The number of aromatic nitrogens is 4. The third-order valence-electron chi connectivity index (χ3n) is 5.04. The van der Waals surface area contributed by atoms with Crippen molar-refractivity contribution in [3.05, 3.63) is 47.1 Å². The molecule has 1 saturated heterocycles. The minimum atomic E-state index is -0.113. The number of thiazole rings is 2. The quantitative estimate of drug-likeness (QED) is 0.461. The Hall–Kier alpha value is -3.15. The number of nitrogens with one attached hydrogen (secondary N) is 1. The molecule has 11 heteroatoms. The molecule has 0 bridgehead atoms. The summed E-state index contributed by atoms with van der Waals surface area (Å²) >= 11 is 3.12. The normalized spacial score (nSPS) is 14.6. The zero-order valence-corrected chi connectivity index (χ0v) is 19.0. The fourth-order valence-electron chi connectivity index (χ4n) is 3.49. The molecule has 0 unspecified atom stereocenters. The summed E-state index contributed by atoms with van der Waals surface area (Å²) in [4.78, 5) is 35.0. The second-order valence-electron chi connectivity index (χ2n) is 7.34. The number of piperazine rings is 1. The van der Waals surface area contributed by atoms with Gasteiger partial charge in [-0.15, -0.1) is 22.7 Å². The molecule has 4 aromatic heterocycles. The molecule has 0 aliphatic carbocycles. The average molecular weight is 468 g/mol. The zero-order valence-electron chi connectivity index (χ0n) is 17.4. The van der Waals surface area contributed by atoms with Crippen molar-refractivity contribution in [1.82, 2.24) is 24.8 Å². The Kier molecular flexibility index (Phi) is 5.93. The highest BCUT2D eigenvalue weighted by Crippen LogP contribution is 2.27. The summed E-state index contributed by atoms with van der Waals surface area (Å²) in [6.07, 6.45) is 3.54. The van der Waals surface area contributed by atoms with E-state index in [9.17, 15) is 4.79 Å². The van der Waals surface area contributed by atoms with Crippen LogP contribution in [-0.2, 0) is 4.79 Å². The second kappa shape index (κ2) is 9.15. The molecule has 1 N–H and O–H groups in total. The summed E-state index contributed by atoms with van der Waals surface area (Å²) in [6, 6.07) is 5.43. The first-order chi connectivity index (χ1) is 15.6. The fourth-order valence-corrected chi connectivity index (χ4v) is 4.78. The van der Waals surface area contributed by atoms with Crippen LogP contribution < -0.4 is 10.2 Å². The van der Waals surface area contributed by atoms with Gasteiger partial charge in [0.15, 0.2) is 16.7 Å². The van der Waals surface area contributed by atoms with Gasteiger partial charge in [0, 0.05) is 55.4 Å². The van der Waals surface area contributed by atoms with E-state index in [0.717, 1.165) is 42.1 Å². The van der Waals surface area contributed by atoms with Crippen molar-refractivity contribution in [2.45, 2.75) is 6.92 Å². The summed E-state index contributed by atoms with van der Waals surface area (Å²) in [5.41, 5.74) is 0.645. The lowest BCUT2D eigenvalue weighted by atomic mass is 10.3. The number of aryl methyl sites for hydroxylation is 1. The van der Waals surface area contributed by atoms with Gasteiger partial charge in [0.2, 0.25) is 5.91 Å². The van der Waals surface area contributed by atoms with Gasteiger partial charge in [0.1, 0.15) is 22.3 Å². The number of hydrogen-bond acceptors (Lipinski definition) is 10. The van der Waals surface area contributed by atoms with Crippen LogP contribution in [0.2, 0.25) is 0 Å². The molecule has 1 aliphatic heterocycles. The lowest BCUT2D eigenvalue weighted by molar-refractivity contribution is -0.117. The first-order valence-corrected chi connectivity index (χ1v) is 11.9. The molecule has 32 heavy (non-hydrogen) atoms. The SMILES string of the molecule is Cc1ccc(-c2nc(NC(=O)CN3CCN(c4nccs4)CC3)cc(-c3nccs3)n2)o1. The van der Waals surface area contributed by atoms with E-state index in [-0.39, 0.29) is 5.91 Å². The highest BCUT2D eigenvalue weighted by atomic mass is 32.1. The molecular weight excluding hydrogens is 446 g/mol. The number of rotatable bonds is 6. The minimum absolute atomic E-state index is 0.113. The summed E-state index contributed by atoms with van der Waals surface area (Å²) in [5, 5.41) is 8.58. The highest BCUT2D eigenvalue weighted by molar-refractivity contribution is 7.13. The van der Waals surface area contributed by atoms with Crippen molar-refractivity contribution in [2.75, 3.05) is 42.9 Å². The van der Waals surface area contributed by atoms with E-state index in [0.29, 0.717) is 29.6 Å². The topological polar surface area (TPSA) is 100 Å². The van der Waals surface area contributed by atoms with Gasteiger partial charge in [0.25, 0.3) is 0 Å². The largest absolute Gasteiger partial charge is 0.458 e. The Bertz CT molecular complexity index is 1180. The first kappa shape index (κ1) is 20.7. The van der Waals surface area contributed by atoms with Gasteiger partial charge in [-0.25, -0.2) is 19.9 Å². The van der Waals surface area contributed by atoms with Crippen LogP contribution in [0.3, 0.4) is 0 Å². The van der Waals surface area contributed by atoms with E-state index in [1.165, 1.54) is 11.3 Å². The number of amides is 1. The number of furan rings is 1. The summed E-state index contributed by atoms with van der Waals surface area (Å²) < 4.78 is 5.69. The van der Waals surface area contributed by atoms with Crippen LogP contribution in [0, 0.1) is 6.92 Å². The van der Waals surface area contributed by atoms with Crippen LogP contribution in [0.1, 0.15) is 5.76 Å². The Labute approximate surface area is 192 Å². The average Bonchev–Trinajstić information content (AvgIpc) is 3.57. The summed E-state index contributed by atoms with van der Waals surface area (Å²) in [7, 11) is 0. The number of carbonyl (C=O) groups excluding carboxylic acids is 1. The molecule has 0 radical (unpaired) electrons. The third-order valence-corrected chi connectivity index (χ3v) is 6.66. The molecule has 1 amide bonds. The lowest BCUT2D eigenvalue weighted by Crippen LogP contribution is -2.48. The monoisotopic (exact) mass is 467 g/mol.